The molecule has 0 aliphatic rings. The van der Waals surface area contributed by atoms with Crippen molar-refractivity contribution in [3.63, 3.8) is 0 Å². The molecule has 2 rings (SSSR count). The van der Waals surface area contributed by atoms with E-state index < -0.39 is 12.1 Å². The van der Waals surface area contributed by atoms with E-state index in [2.05, 4.69) is 5.10 Å². The standard InChI is InChI=1S/C16H20N2O3/c1-10-15(8-9-16(20)21)11(2)18(17-10)14-6-4-13(5-7-14)12(3)19/h4-7,12,19H,8-9H2,1-3H3,(H,20,21). The van der Waals surface area contributed by atoms with Gasteiger partial charge in [0, 0.05) is 12.1 Å². The number of hydrogen-bond acceptors (Lipinski definition) is 3. The summed E-state index contributed by atoms with van der Waals surface area (Å²) in [6, 6.07) is 7.55. The Morgan fingerprint density at radius 3 is 2.43 bits per heavy atom. The van der Waals surface area contributed by atoms with Gasteiger partial charge in [-0.05, 0) is 50.5 Å². The van der Waals surface area contributed by atoms with E-state index in [0.717, 1.165) is 28.2 Å². The Morgan fingerprint density at radius 2 is 1.90 bits per heavy atom. The molecule has 0 aliphatic heterocycles. The Morgan fingerprint density at radius 1 is 1.29 bits per heavy atom. The van der Waals surface area contributed by atoms with Gasteiger partial charge < -0.3 is 10.2 Å². The third-order valence-electron chi connectivity index (χ3n) is 3.65. The van der Waals surface area contributed by atoms with E-state index in [1.807, 2.05) is 42.8 Å². The number of aliphatic hydroxyl groups is 1. The van der Waals surface area contributed by atoms with Gasteiger partial charge in [-0.3, -0.25) is 4.79 Å². The van der Waals surface area contributed by atoms with Gasteiger partial charge in [0.25, 0.3) is 0 Å². The lowest BCUT2D eigenvalue weighted by Gasteiger charge is -2.08. The summed E-state index contributed by atoms with van der Waals surface area (Å²) in [6.07, 6.45) is 0.0956. The van der Waals surface area contributed by atoms with Crippen molar-refractivity contribution in [2.24, 2.45) is 0 Å². The van der Waals surface area contributed by atoms with Crippen molar-refractivity contribution in [1.29, 1.82) is 0 Å². The van der Waals surface area contributed by atoms with Crippen LogP contribution in [0.15, 0.2) is 24.3 Å². The summed E-state index contributed by atoms with van der Waals surface area (Å²) in [6.45, 7) is 5.56. The zero-order chi connectivity index (χ0) is 15.6. The van der Waals surface area contributed by atoms with E-state index in [0.29, 0.717) is 6.42 Å². The highest BCUT2D eigenvalue weighted by molar-refractivity contribution is 5.67. The fraction of sp³-hybridized carbons (Fsp3) is 0.375. The van der Waals surface area contributed by atoms with Crippen LogP contribution in [0.3, 0.4) is 0 Å². The van der Waals surface area contributed by atoms with E-state index in [1.165, 1.54) is 0 Å². The highest BCUT2D eigenvalue weighted by atomic mass is 16.4. The average molecular weight is 288 g/mol. The largest absolute Gasteiger partial charge is 0.481 e. The predicted molar refractivity (Wildman–Crippen MR) is 79.6 cm³/mol. The molecular formula is C16H20N2O3. The summed E-state index contributed by atoms with van der Waals surface area (Å²) < 4.78 is 1.82. The number of hydrogen-bond donors (Lipinski definition) is 2. The lowest BCUT2D eigenvalue weighted by atomic mass is 10.1. The van der Waals surface area contributed by atoms with Gasteiger partial charge in [-0.15, -0.1) is 0 Å². The van der Waals surface area contributed by atoms with Crippen LogP contribution in [0, 0.1) is 13.8 Å². The maximum atomic E-state index is 10.7. The smallest absolute Gasteiger partial charge is 0.303 e. The molecular weight excluding hydrogens is 268 g/mol. The molecule has 0 saturated heterocycles. The molecule has 1 unspecified atom stereocenters. The number of rotatable bonds is 5. The topological polar surface area (TPSA) is 75.3 Å². The molecule has 0 amide bonds. The second-order valence-electron chi connectivity index (χ2n) is 5.22. The molecule has 0 spiro atoms. The van der Waals surface area contributed by atoms with Crippen molar-refractivity contribution in [1.82, 2.24) is 9.78 Å². The van der Waals surface area contributed by atoms with Gasteiger partial charge in [0.1, 0.15) is 0 Å². The number of aryl methyl sites for hydroxylation is 1. The van der Waals surface area contributed by atoms with Crippen molar-refractivity contribution in [3.8, 4) is 5.69 Å². The average Bonchev–Trinajstić information content (AvgIpc) is 2.72. The Bertz CT molecular complexity index is 642. The predicted octanol–water partition coefficient (Wildman–Crippen LogP) is 2.56. The van der Waals surface area contributed by atoms with E-state index >= 15 is 0 Å². The molecule has 0 aliphatic carbocycles. The number of benzene rings is 1. The van der Waals surface area contributed by atoms with Crippen molar-refractivity contribution in [3.05, 3.63) is 46.8 Å². The lowest BCUT2D eigenvalue weighted by Crippen LogP contribution is -2.02. The molecule has 1 aromatic carbocycles. The van der Waals surface area contributed by atoms with Crippen molar-refractivity contribution in [2.75, 3.05) is 0 Å². The highest BCUT2D eigenvalue weighted by Crippen LogP contribution is 2.21. The van der Waals surface area contributed by atoms with Gasteiger partial charge in [-0.1, -0.05) is 12.1 Å². The summed E-state index contributed by atoms with van der Waals surface area (Å²) in [5.41, 5.74) is 4.55. The molecule has 0 saturated carbocycles. The number of carboxylic acids is 1. The second kappa shape index (κ2) is 6.10. The lowest BCUT2D eigenvalue weighted by molar-refractivity contribution is -0.136. The van der Waals surface area contributed by atoms with Gasteiger partial charge >= 0.3 is 5.97 Å². The van der Waals surface area contributed by atoms with Crippen LogP contribution in [0.2, 0.25) is 0 Å². The number of aliphatic carboxylic acids is 1. The molecule has 112 valence electrons. The number of carbonyl (C=O) groups is 1. The number of carboxylic acid groups (broad SMARTS) is 1. The first-order valence-corrected chi connectivity index (χ1v) is 6.95. The Labute approximate surface area is 123 Å². The monoisotopic (exact) mass is 288 g/mol. The van der Waals surface area contributed by atoms with Crippen LogP contribution in [0.25, 0.3) is 5.69 Å². The van der Waals surface area contributed by atoms with Crippen LogP contribution >= 0.6 is 0 Å². The highest BCUT2D eigenvalue weighted by Gasteiger charge is 2.14. The first kappa shape index (κ1) is 15.3. The maximum Gasteiger partial charge on any atom is 0.303 e. The van der Waals surface area contributed by atoms with Crippen LogP contribution in [-0.4, -0.2) is 26.0 Å². The fourth-order valence-electron chi connectivity index (χ4n) is 2.41. The second-order valence-corrected chi connectivity index (χ2v) is 5.22. The third kappa shape index (κ3) is 3.31. The van der Waals surface area contributed by atoms with E-state index in [-0.39, 0.29) is 6.42 Å². The molecule has 21 heavy (non-hydrogen) atoms. The van der Waals surface area contributed by atoms with Crippen LogP contribution in [0.4, 0.5) is 0 Å². The number of aromatic nitrogens is 2. The molecule has 0 fully saturated rings. The van der Waals surface area contributed by atoms with Crippen LogP contribution < -0.4 is 0 Å². The molecule has 0 radical (unpaired) electrons. The summed E-state index contributed by atoms with van der Waals surface area (Å²) in [4.78, 5) is 10.7. The van der Waals surface area contributed by atoms with E-state index in [9.17, 15) is 9.90 Å². The summed E-state index contributed by atoms with van der Waals surface area (Å²) >= 11 is 0. The Balaban J connectivity index is 2.32. The van der Waals surface area contributed by atoms with Gasteiger partial charge in [-0.25, -0.2) is 4.68 Å². The molecule has 2 aromatic rings. The number of nitrogens with zero attached hydrogens (tertiary/aromatic N) is 2. The summed E-state index contributed by atoms with van der Waals surface area (Å²) in [5.74, 6) is -0.803. The summed E-state index contributed by atoms with van der Waals surface area (Å²) in [7, 11) is 0. The quantitative estimate of drug-likeness (QED) is 0.886. The Hall–Kier alpha value is -2.14. The van der Waals surface area contributed by atoms with E-state index in [4.69, 9.17) is 5.11 Å². The maximum absolute atomic E-state index is 10.7. The molecule has 0 bridgehead atoms. The molecule has 5 nitrogen and oxygen atoms in total. The molecule has 5 heteroatoms. The van der Waals surface area contributed by atoms with Crippen LogP contribution in [-0.2, 0) is 11.2 Å². The Kier molecular flexibility index (Phi) is 4.43. The van der Waals surface area contributed by atoms with Crippen LogP contribution in [0.1, 0.15) is 42.0 Å². The first-order valence-electron chi connectivity index (χ1n) is 6.95. The van der Waals surface area contributed by atoms with E-state index in [1.54, 1.807) is 6.92 Å². The van der Waals surface area contributed by atoms with Gasteiger partial charge in [0.15, 0.2) is 0 Å². The van der Waals surface area contributed by atoms with Gasteiger partial charge in [0.2, 0.25) is 0 Å². The van der Waals surface area contributed by atoms with Crippen molar-refractivity contribution >= 4 is 5.97 Å². The minimum Gasteiger partial charge on any atom is -0.481 e. The van der Waals surface area contributed by atoms with Gasteiger partial charge in [0.05, 0.1) is 17.5 Å². The SMILES string of the molecule is Cc1nn(-c2ccc(C(C)O)cc2)c(C)c1CCC(=O)O. The van der Waals surface area contributed by atoms with Gasteiger partial charge in [-0.2, -0.15) is 5.10 Å². The first-order chi connectivity index (χ1) is 9.90. The molecule has 2 N–H and O–H groups in total. The minimum atomic E-state index is -0.803. The van der Waals surface area contributed by atoms with Crippen molar-refractivity contribution in [2.45, 2.75) is 39.7 Å². The zero-order valence-electron chi connectivity index (χ0n) is 12.5. The van der Waals surface area contributed by atoms with Crippen molar-refractivity contribution < 1.29 is 15.0 Å². The molecule has 1 aromatic heterocycles. The van der Waals surface area contributed by atoms with Crippen LogP contribution in [0.5, 0.6) is 0 Å². The minimum absolute atomic E-state index is 0.105. The molecule has 1 atom stereocenters. The molecule has 1 heterocycles. The summed E-state index contributed by atoms with van der Waals surface area (Å²) in [5, 5.41) is 22.8. The third-order valence-corrected chi connectivity index (χ3v) is 3.65. The number of aliphatic hydroxyl groups excluding tert-OH is 1. The fourth-order valence-corrected chi connectivity index (χ4v) is 2.41. The normalized spacial score (nSPS) is 12.4. The zero-order valence-corrected chi connectivity index (χ0v) is 12.5.